The quantitative estimate of drug-likeness (QED) is 0.223. The summed E-state index contributed by atoms with van der Waals surface area (Å²) in [5, 5.41) is 3.28. The minimum Gasteiger partial charge on any atom is -0.370 e. The SMILES string of the molecule is CCS(=O)(=O)N(C)CCCNC(=NC)N1CCCC(CC(N)=O)C1.I. The van der Waals surface area contributed by atoms with Crippen LogP contribution in [0.1, 0.15) is 32.6 Å². The van der Waals surface area contributed by atoms with Crippen molar-refractivity contribution in [1.29, 1.82) is 0 Å². The summed E-state index contributed by atoms with van der Waals surface area (Å²) in [5.74, 6) is 0.930. The first kappa shape index (κ1) is 24.4. The van der Waals surface area contributed by atoms with Gasteiger partial charge in [0.1, 0.15) is 0 Å². The number of carbonyl (C=O) groups excluding carboxylic acids is 1. The molecule has 25 heavy (non-hydrogen) atoms. The van der Waals surface area contributed by atoms with E-state index < -0.39 is 10.0 Å². The van der Waals surface area contributed by atoms with Gasteiger partial charge in [-0.05, 0) is 32.1 Å². The van der Waals surface area contributed by atoms with Crippen LogP contribution in [0.4, 0.5) is 0 Å². The van der Waals surface area contributed by atoms with Gasteiger partial charge in [-0.25, -0.2) is 12.7 Å². The molecule has 8 nitrogen and oxygen atoms in total. The van der Waals surface area contributed by atoms with E-state index in [1.807, 2.05) is 0 Å². The molecule has 10 heteroatoms. The molecule has 1 aliphatic heterocycles. The van der Waals surface area contributed by atoms with Crippen molar-refractivity contribution < 1.29 is 13.2 Å². The Balaban J connectivity index is 0.00000576. The van der Waals surface area contributed by atoms with Crippen LogP contribution in [-0.2, 0) is 14.8 Å². The Labute approximate surface area is 168 Å². The number of nitrogens with one attached hydrogen (secondary N) is 1. The van der Waals surface area contributed by atoms with E-state index in [9.17, 15) is 13.2 Å². The van der Waals surface area contributed by atoms with Gasteiger partial charge >= 0.3 is 0 Å². The molecule has 3 N–H and O–H groups in total. The highest BCUT2D eigenvalue weighted by Crippen LogP contribution is 2.19. The number of piperidine rings is 1. The molecule has 0 bridgehead atoms. The third kappa shape index (κ3) is 8.54. The number of carbonyl (C=O) groups is 1. The maximum absolute atomic E-state index is 11.7. The Bertz CT molecular complexity index is 541. The Morgan fingerprint density at radius 3 is 2.68 bits per heavy atom. The predicted octanol–water partition coefficient (Wildman–Crippen LogP) is 0.439. The van der Waals surface area contributed by atoms with Crippen molar-refractivity contribution in [3.8, 4) is 0 Å². The summed E-state index contributed by atoms with van der Waals surface area (Å²) in [7, 11) is 0.211. The van der Waals surface area contributed by atoms with E-state index in [1.54, 1.807) is 21.0 Å². The van der Waals surface area contributed by atoms with Crippen molar-refractivity contribution >= 4 is 45.9 Å². The topological polar surface area (TPSA) is 108 Å². The Morgan fingerprint density at radius 2 is 2.12 bits per heavy atom. The zero-order valence-corrected chi connectivity index (χ0v) is 18.5. The van der Waals surface area contributed by atoms with Crippen molar-refractivity contribution in [1.82, 2.24) is 14.5 Å². The van der Waals surface area contributed by atoms with Gasteiger partial charge in [-0.15, -0.1) is 24.0 Å². The summed E-state index contributed by atoms with van der Waals surface area (Å²) in [6.45, 7) is 4.44. The lowest BCUT2D eigenvalue weighted by Gasteiger charge is -2.34. The van der Waals surface area contributed by atoms with Crippen LogP contribution in [0.15, 0.2) is 4.99 Å². The monoisotopic (exact) mass is 489 g/mol. The molecule has 1 amide bonds. The summed E-state index contributed by atoms with van der Waals surface area (Å²) in [6.07, 6.45) is 3.13. The van der Waals surface area contributed by atoms with E-state index >= 15 is 0 Å². The van der Waals surface area contributed by atoms with Crippen LogP contribution >= 0.6 is 24.0 Å². The first-order chi connectivity index (χ1) is 11.3. The highest BCUT2D eigenvalue weighted by Gasteiger charge is 2.23. The predicted molar refractivity (Wildman–Crippen MR) is 112 cm³/mol. The van der Waals surface area contributed by atoms with Crippen molar-refractivity contribution in [2.75, 3.05) is 46.0 Å². The lowest BCUT2D eigenvalue weighted by molar-refractivity contribution is -0.119. The minimum atomic E-state index is -3.12. The van der Waals surface area contributed by atoms with E-state index in [2.05, 4.69) is 15.2 Å². The smallest absolute Gasteiger partial charge is 0.217 e. The molecular weight excluding hydrogens is 457 g/mol. The van der Waals surface area contributed by atoms with Crippen molar-refractivity contribution in [3.63, 3.8) is 0 Å². The molecule has 0 aliphatic carbocycles. The first-order valence-electron chi connectivity index (χ1n) is 8.48. The van der Waals surface area contributed by atoms with Gasteiger partial charge in [0.25, 0.3) is 0 Å². The number of hydrogen-bond acceptors (Lipinski definition) is 4. The molecule has 1 saturated heterocycles. The van der Waals surface area contributed by atoms with Crippen LogP contribution in [0, 0.1) is 5.92 Å². The van der Waals surface area contributed by atoms with Crippen LogP contribution in [0.25, 0.3) is 0 Å². The number of nitrogens with zero attached hydrogens (tertiary/aromatic N) is 3. The molecule has 0 aromatic rings. The molecule has 0 saturated carbocycles. The number of likely N-dealkylation sites (tertiary alicyclic amines) is 1. The van der Waals surface area contributed by atoms with Gasteiger partial charge in [0.05, 0.1) is 5.75 Å². The van der Waals surface area contributed by atoms with Gasteiger partial charge in [-0.2, -0.15) is 0 Å². The standard InChI is InChI=1S/C15H31N5O3S.HI/c1-4-24(22,23)19(3)9-6-8-18-15(17-2)20-10-5-7-13(12-20)11-14(16)21;/h13H,4-12H2,1-3H3,(H2,16,21)(H,17,18);1H. The van der Waals surface area contributed by atoms with E-state index in [1.165, 1.54) is 4.31 Å². The van der Waals surface area contributed by atoms with E-state index in [-0.39, 0.29) is 41.6 Å². The van der Waals surface area contributed by atoms with Crippen LogP contribution in [0.2, 0.25) is 0 Å². The van der Waals surface area contributed by atoms with Gasteiger partial charge in [-0.3, -0.25) is 9.79 Å². The molecule has 0 spiro atoms. The van der Waals surface area contributed by atoms with E-state index in [0.717, 1.165) is 31.9 Å². The second-order valence-corrected chi connectivity index (χ2v) is 8.54. The lowest BCUT2D eigenvalue weighted by atomic mass is 9.95. The Morgan fingerprint density at radius 1 is 1.44 bits per heavy atom. The normalized spacial score (nSPS) is 18.8. The van der Waals surface area contributed by atoms with E-state index in [4.69, 9.17) is 5.73 Å². The summed E-state index contributed by atoms with van der Waals surface area (Å²) in [4.78, 5) is 17.5. The fourth-order valence-corrected chi connectivity index (χ4v) is 3.75. The molecule has 1 fully saturated rings. The summed E-state index contributed by atoms with van der Waals surface area (Å²) in [6, 6.07) is 0. The minimum absolute atomic E-state index is 0. The number of rotatable bonds is 8. The number of sulfonamides is 1. The maximum atomic E-state index is 11.7. The molecule has 1 unspecified atom stereocenters. The van der Waals surface area contributed by atoms with Gasteiger partial charge in [0.15, 0.2) is 5.96 Å². The molecule has 0 aromatic carbocycles. The number of hydrogen-bond donors (Lipinski definition) is 2. The van der Waals surface area contributed by atoms with Crippen LogP contribution in [0.5, 0.6) is 0 Å². The third-order valence-corrected chi connectivity index (χ3v) is 6.15. The van der Waals surface area contributed by atoms with Crippen molar-refractivity contribution in [2.24, 2.45) is 16.6 Å². The van der Waals surface area contributed by atoms with Crippen LogP contribution in [0.3, 0.4) is 0 Å². The zero-order valence-electron chi connectivity index (χ0n) is 15.4. The number of aliphatic imine (C=N–C) groups is 1. The van der Waals surface area contributed by atoms with Crippen molar-refractivity contribution in [3.05, 3.63) is 0 Å². The third-order valence-electron chi connectivity index (χ3n) is 4.29. The molecule has 148 valence electrons. The lowest BCUT2D eigenvalue weighted by Crippen LogP contribution is -2.47. The summed E-state index contributed by atoms with van der Waals surface area (Å²) in [5.41, 5.74) is 5.29. The molecule has 1 rings (SSSR count). The fourth-order valence-electron chi connectivity index (χ4n) is 2.90. The Kier molecular flexibility index (Phi) is 11.6. The second kappa shape index (κ2) is 11.9. The number of guanidine groups is 1. The Hall–Kier alpha value is -0.620. The molecule has 1 atom stereocenters. The summed E-state index contributed by atoms with van der Waals surface area (Å²) >= 11 is 0. The molecule has 0 aromatic heterocycles. The van der Waals surface area contributed by atoms with Crippen LogP contribution in [-0.4, -0.2) is 75.5 Å². The van der Waals surface area contributed by atoms with Gasteiger partial charge in [0, 0.05) is 46.7 Å². The van der Waals surface area contributed by atoms with Gasteiger partial charge in [0.2, 0.25) is 15.9 Å². The second-order valence-electron chi connectivity index (χ2n) is 6.17. The average Bonchev–Trinajstić information content (AvgIpc) is 2.54. The van der Waals surface area contributed by atoms with E-state index in [0.29, 0.717) is 25.9 Å². The first-order valence-corrected chi connectivity index (χ1v) is 10.1. The summed E-state index contributed by atoms with van der Waals surface area (Å²) < 4.78 is 24.8. The largest absolute Gasteiger partial charge is 0.370 e. The van der Waals surface area contributed by atoms with Gasteiger partial charge < -0.3 is 16.0 Å². The molecule has 0 radical (unpaired) electrons. The maximum Gasteiger partial charge on any atom is 0.217 e. The number of halogens is 1. The number of amides is 1. The van der Waals surface area contributed by atoms with Crippen LogP contribution < -0.4 is 11.1 Å². The zero-order chi connectivity index (χ0) is 18.2. The fraction of sp³-hybridized carbons (Fsp3) is 0.867. The number of nitrogens with two attached hydrogens (primary N) is 1. The molecular formula is C15H32IN5O3S. The highest BCUT2D eigenvalue weighted by molar-refractivity contribution is 14.0. The molecule has 1 aliphatic rings. The van der Waals surface area contributed by atoms with Crippen molar-refractivity contribution in [2.45, 2.75) is 32.6 Å². The van der Waals surface area contributed by atoms with Gasteiger partial charge in [-0.1, -0.05) is 0 Å². The highest BCUT2D eigenvalue weighted by atomic mass is 127. The average molecular weight is 489 g/mol. The number of primary amides is 1. The molecule has 1 heterocycles.